The predicted octanol–water partition coefficient (Wildman–Crippen LogP) is 3.20. The summed E-state index contributed by atoms with van der Waals surface area (Å²) >= 11 is 0. The maximum atomic E-state index is 12.3. The van der Waals surface area contributed by atoms with Gasteiger partial charge in [0.15, 0.2) is 0 Å². The minimum Gasteiger partial charge on any atom is -0.497 e. The van der Waals surface area contributed by atoms with Gasteiger partial charge in [-0.3, -0.25) is 4.79 Å². The van der Waals surface area contributed by atoms with E-state index < -0.39 is 12.0 Å². The molecule has 5 heteroatoms. The Hall–Kier alpha value is -3.34. The highest BCUT2D eigenvalue weighted by Crippen LogP contribution is 2.20. The number of fused-ring (bicyclic) bond motifs is 1. The van der Waals surface area contributed by atoms with Gasteiger partial charge in [-0.05, 0) is 34.0 Å². The number of carboxylic acids is 1. The molecule has 0 aromatic heterocycles. The Morgan fingerprint density at radius 2 is 1.70 bits per heavy atom. The topological polar surface area (TPSA) is 75.6 Å². The molecule has 2 N–H and O–H groups in total. The van der Waals surface area contributed by atoms with Crippen LogP contribution in [-0.2, 0) is 22.4 Å². The fourth-order valence-electron chi connectivity index (χ4n) is 3.06. The third kappa shape index (κ3) is 4.64. The average molecular weight is 363 g/mol. The highest BCUT2D eigenvalue weighted by atomic mass is 16.5. The van der Waals surface area contributed by atoms with Gasteiger partial charge in [-0.15, -0.1) is 0 Å². The van der Waals surface area contributed by atoms with Gasteiger partial charge in [-0.1, -0.05) is 54.6 Å². The lowest BCUT2D eigenvalue weighted by Crippen LogP contribution is -2.43. The van der Waals surface area contributed by atoms with E-state index in [2.05, 4.69) is 5.32 Å². The third-order valence-corrected chi connectivity index (χ3v) is 4.46. The molecule has 0 saturated carbocycles. The molecule has 138 valence electrons. The third-order valence-electron chi connectivity index (χ3n) is 4.46. The van der Waals surface area contributed by atoms with Crippen LogP contribution in [0.2, 0.25) is 0 Å². The lowest BCUT2D eigenvalue weighted by atomic mass is 9.98. The summed E-state index contributed by atoms with van der Waals surface area (Å²) in [5.74, 6) is -0.669. The van der Waals surface area contributed by atoms with E-state index in [-0.39, 0.29) is 18.7 Å². The fraction of sp³-hybridized carbons (Fsp3) is 0.182. The van der Waals surface area contributed by atoms with Crippen LogP contribution in [0.1, 0.15) is 11.1 Å². The van der Waals surface area contributed by atoms with E-state index >= 15 is 0 Å². The molecule has 0 unspecified atom stereocenters. The molecule has 27 heavy (non-hydrogen) atoms. The first-order chi connectivity index (χ1) is 13.1. The molecule has 0 bridgehead atoms. The summed E-state index contributed by atoms with van der Waals surface area (Å²) in [5.41, 5.74) is 1.69. The van der Waals surface area contributed by atoms with E-state index in [1.165, 1.54) is 0 Å². The molecule has 0 radical (unpaired) electrons. The van der Waals surface area contributed by atoms with Crippen LogP contribution in [0.5, 0.6) is 5.75 Å². The van der Waals surface area contributed by atoms with E-state index in [4.69, 9.17) is 4.74 Å². The lowest BCUT2D eigenvalue weighted by molar-refractivity contribution is -0.141. The highest BCUT2D eigenvalue weighted by molar-refractivity contribution is 5.88. The van der Waals surface area contributed by atoms with Crippen LogP contribution in [0.25, 0.3) is 10.8 Å². The first-order valence-corrected chi connectivity index (χ1v) is 8.68. The Morgan fingerprint density at radius 1 is 1.00 bits per heavy atom. The highest BCUT2D eigenvalue weighted by Gasteiger charge is 2.21. The molecule has 3 aromatic carbocycles. The first kappa shape index (κ1) is 18.5. The second-order valence-corrected chi connectivity index (χ2v) is 6.33. The molecule has 0 aliphatic carbocycles. The minimum atomic E-state index is -1.05. The maximum absolute atomic E-state index is 12.3. The van der Waals surface area contributed by atoms with Crippen molar-refractivity contribution in [2.24, 2.45) is 0 Å². The summed E-state index contributed by atoms with van der Waals surface area (Å²) in [7, 11) is 1.58. The van der Waals surface area contributed by atoms with Crippen LogP contribution in [-0.4, -0.2) is 30.1 Å². The zero-order chi connectivity index (χ0) is 19.2. The zero-order valence-corrected chi connectivity index (χ0v) is 15.0. The molecular weight excluding hydrogens is 342 g/mol. The minimum absolute atomic E-state index is 0.114. The van der Waals surface area contributed by atoms with Crippen LogP contribution in [0.15, 0.2) is 66.7 Å². The second kappa shape index (κ2) is 8.36. The van der Waals surface area contributed by atoms with Crippen molar-refractivity contribution in [3.8, 4) is 5.75 Å². The smallest absolute Gasteiger partial charge is 0.326 e. The van der Waals surface area contributed by atoms with Gasteiger partial charge in [-0.25, -0.2) is 4.79 Å². The summed E-state index contributed by atoms with van der Waals surface area (Å²) in [4.78, 5) is 24.0. The van der Waals surface area contributed by atoms with Crippen molar-refractivity contribution in [1.82, 2.24) is 5.32 Å². The van der Waals surface area contributed by atoms with Crippen molar-refractivity contribution in [1.29, 1.82) is 0 Å². The molecule has 0 aliphatic rings. The van der Waals surface area contributed by atoms with Crippen molar-refractivity contribution in [3.05, 3.63) is 77.9 Å². The fourth-order valence-corrected chi connectivity index (χ4v) is 3.06. The van der Waals surface area contributed by atoms with Gasteiger partial charge in [0.2, 0.25) is 5.91 Å². The summed E-state index contributed by atoms with van der Waals surface area (Å²) in [6.45, 7) is 0. The summed E-state index contributed by atoms with van der Waals surface area (Å²) < 4.78 is 5.09. The van der Waals surface area contributed by atoms with Gasteiger partial charge in [0.25, 0.3) is 0 Å². The quantitative estimate of drug-likeness (QED) is 0.676. The van der Waals surface area contributed by atoms with Crippen LogP contribution in [0.3, 0.4) is 0 Å². The predicted molar refractivity (Wildman–Crippen MR) is 104 cm³/mol. The molecule has 0 heterocycles. The van der Waals surface area contributed by atoms with Crippen LogP contribution in [0.4, 0.5) is 0 Å². The number of amides is 1. The van der Waals surface area contributed by atoms with Gasteiger partial charge in [0, 0.05) is 6.42 Å². The van der Waals surface area contributed by atoms with Gasteiger partial charge < -0.3 is 15.2 Å². The Balaban J connectivity index is 1.71. The van der Waals surface area contributed by atoms with Crippen LogP contribution in [0, 0.1) is 0 Å². The van der Waals surface area contributed by atoms with Gasteiger partial charge in [-0.2, -0.15) is 0 Å². The number of hydrogen-bond donors (Lipinski definition) is 2. The van der Waals surface area contributed by atoms with Crippen molar-refractivity contribution in [2.75, 3.05) is 7.11 Å². The number of nitrogens with one attached hydrogen (secondary N) is 1. The number of ether oxygens (including phenoxy) is 1. The van der Waals surface area contributed by atoms with Gasteiger partial charge >= 0.3 is 5.97 Å². The van der Waals surface area contributed by atoms with Crippen molar-refractivity contribution >= 4 is 22.6 Å². The number of rotatable bonds is 7. The van der Waals surface area contributed by atoms with Crippen molar-refractivity contribution < 1.29 is 19.4 Å². The largest absolute Gasteiger partial charge is 0.497 e. The molecule has 3 rings (SSSR count). The molecule has 1 atom stereocenters. The lowest BCUT2D eigenvalue weighted by Gasteiger charge is -2.16. The zero-order valence-electron chi connectivity index (χ0n) is 15.0. The number of carbonyl (C=O) groups is 2. The van der Waals surface area contributed by atoms with Gasteiger partial charge in [0.1, 0.15) is 11.8 Å². The molecule has 0 spiro atoms. The van der Waals surface area contributed by atoms with Gasteiger partial charge in [0.05, 0.1) is 13.5 Å². The Bertz CT molecular complexity index is 945. The molecule has 0 saturated heterocycles. The van der Waals surface area contributed by atoms with E-state index in [1.54, 1.807) is 31.4 Å². The average Bonchev–Trinajstić information content (AvgIpc) is 2.68. The number of carbonyl (C=O) groups excluding carboxylic acids is 1. The maximum Gasteiger partial charge on any atom is 0.326 e. The Labute approximate surface area is 157 Å². The number of carboxylic acid groups (broad SMARTS) is 1. The molecule has 0 aliphatic heterocycles. The Morgan fingerprint density at radius 3 is 2.41 bits per heavy atom. The second-order valence-electron chi connectivity index (χ2n) is 6.33. The van der Waals surface area contributed by atoms with E-state index in [0.29, 0.717) is 5.75 Å². The van der Waals surface area contributed by atoms with E-state index in [1.807, 2.05) is 42.5 Å². The normalized spacial score (nSPS) is 11.7. The monoisotopic (exact) mass is 363 g/mol. The molecule has 1 amide bonds. The van der Waals surface area contributed by atoms with Crippen molar-refractivity contribution in [2.45, 2.75) is 18.9 Å². The molecule has 5 nitrogen and oxygen atoms in total. The summed E-state index contributed by atoms with van der Waals surface area (Å²) in [6, 6.07) is 19.7. The standard InChI is InChI=1S/C22H21NO4/c1-27-18-11-9-15(10-12-18)13-21(24)23-20(22(25)26)14-17-7-4-6-16-5-2-3-8-19(16)17/h2-12,20H,13-14H2,1H3,(H,23,24)(H,25,26)/t20-/m0/s1. The molecular formula is C22H21NO4. The number of methoxy groups -OCH3 is 1. The van der Waals surface area contributed by atoms with E-state index in [9.17, 15) is 14.7 Å². The van der Waals surface area contributed by atoms with Crippen molar-refractivity contribution in [3.63, 3.8) is 0 Å². The first-order valence-electron chi connectivity index (χ1n) is 8.68. The van der Waals surface area contributed by atoms with Crippen LogP contribution < -0.4 is 10.1 Å². The summed E-state index contributed by atoms with van der Waals surface area (Å²) in [5, 5.41) is 14.2. The van der Waals surface area contributed by atoms with E-state index in [0.717, 1.165) is 21.9 Å². The SMILES string of the molecule is COc1ccc(CC(=O)N[C@@H](Cc2cccc3ccccc23)C(=O)O)cc1. The number of aliphatic carboxylic acids is 1. The summed E-state index contributed by atoms with van der Waals surface area (Å²) in [6.07, 6.45) is 0.342. The molecule has 3 aromatic rings. The number of hydrogen-bond acceptors (Lipinski definition) is 3. The Kier molecular flexibility index (Phi) is 5.71. The number of benzene rings is 3. The van der Waals surface area contributed by atoms with Crippen LogP contribution >= 0.6 is 0 Å². The molecule has 0 fully saturated rings.